The minimum absolute atomic E-state index is 0.0542. The van der Waals surface area contributed by atoms with Crippen LogP contribution in [0.1, 0.15) is 24.5 Å². The third-order valence-electron chi connectivity index (χ3n) is 5.08. The Morgan fingerprint density at radius 3 is 2.33 bits per heavy atom. The van der Waals surface area contributed by atoms with Gasteiger partial charge in [-0.15, -0.1) is 0 Å². The van der Waals surface area contributed by atoms with Crippen LogP contribution < -0.4 is 4.90 Å². The van der Waals surface area contributed by atoms with E-state index in [1.54, 1.807) is 0 Å². The normalized spacial score (nSPS) is 18.3. The van der Waals surface area contributed by atoms with Crippen LogP contribution in [0.4, 0.5) is 23.5 Å². The first-order valence-corrected chi connectivity index (χ1v) is 10.0. The predicted molar refractivity (Wildman–Crippen MR) is 105 cm³/mol. The van der Waals surface area contributed by atoms with Gasteiger partial charge in [0.25, 0.3) is 0 Å². The van der Waals surface area contributed by atoms with Gasteiger partial charge in [0.2, 0.25) is 11.9 Å². The van der Waals surface area contributed by atoms with Gasteiger partial charge < -0.3 is 24.2 Å². The summed E-state index contributed by atoms with van der Waals surface area (Å²) in [7, 11) is 0. The molecule has 1 N–H and O–H groups in total. The van der Waals surface area contributed by atoms with E-state index in [0.29, 0.717) is 45.2 Å². The number of rotatable bonds is 3. The van der Waals surface area contributed by atoms with Gasteiger partial charge in [-0.1, -0.05) is 0 Å². The largest absolute Gasteiger partial charge is 0.490 e. The topological polar surface area (TPSA) is 114 Å². The average molecular weight is 474 g/mol. The van der Waals surface area contributed by atoms with Crippen molar-refractivity contribution in [2.75, 3.05) is 37.7 Å². The van der Waals surface area contributed by atoms with Crippen LogP contribution >= 0.6 is 0 Å². The van der Waals surface area contributed by atoms with Gasteiger partial charge in [-0.05, 0) is 6.92 Å². The van der Waals surface area contributed by atoms with E-state index in [0.717, 1.165) is 18.1 Å². The average Bonchev–Trinajstić information content (AvgIpc) is 3.19. The molecule has 33 heavy (non-hydrogen) atoms. The van der Waals surface area contributed by atoms with Gasteiger partial charge in [-0.2, -0.15) is 13.2 Å². The summed E-state index contributed by atoms with van der Waals surface area (Å²) in [5.74, 6) is -1.78. The summed E-state index contributed by atoms with van der Waals surface area (Å²) in [4.78, 5) is 38.0. The zero-order chi connectivity index (χ0) is 24.2. The maximum Gasteiger partial charge on any atom is 0.490 e. The number of morpholine rings is 1. The van der Waals surface area contributed by atoms with Crippen molar-refractivity contribution in [2.24, 2.45) is 0 Å². The number of anilines is 1. The molecule has 1 unspecified atom stereocenters. The lowest BCUT2D eigenvalue weighted by Gasteiger charge is -2.33. The summed E-state index contributed by atoms with van der Waals surface area (Å²) in [6.07, 6.45) is -0.502. The predicted octanol–water partition coefficient (Wildman–Crippen LogP) is 1.43. The number of carbonyl (C=O) groups is 2. The van der Waals surface area contributed by atoms with Crippen LogP contribution in [0.2, 0.25) is 0 Å². The number of hydrogen-bond donors (Lipinski definition) is 1. The lowest BCUT2D eigenvalue weighted by molar-refractivity contribution is -0.192. The molecule has 0 aliphatic carbocycles. The Labute approximate surface area is 185 Å². The summed E-state index contributed by atoms with van der Waals surface area (Å²) in [6, 6.07) is -0.0542. The second-order valence-electron chi connectivity index (χ2n) is 7.33. The van der Waals surface area contributed by atoms with Gasteiger partial charge in [0.15, 0.2) is 5.82 Å². The summed E-state index contributed by atoms with van der Waals surface area (Å²) < 4.78 is 52.2. The fourth-order valence-corrected chi connectivity index (χ4v) is 3.44. The molecule has 10 nitrogen and oxygen atoms in total. The van der Waals surface area contributed by atoms with E-state index in [4.69, 9.17) is 14.6 Å². The number of nitrogens with zero attached hydrogens (tertiary/aromatic N) is 6. The maximum absolute atomic E-state index is 13.1. The number of aliphatic carboxylic acids is 1. The van der Waals surface area contributed by atoms with Crippen LogP contribution in [0.15, 0.2) is 18.6 Å². The van der Waals surface area contributed by atoms with Crippen molar-refractivity contribution < 1.29 is 37.0 Å². The number of fused-ring (bicyclic) bond motifs is 1. The van der Waals surface area contributed by atoms with E-state index in [2.05, 4.69) is 19.5 Å². The van der Waals surface area contributed by atoms with E-state index in [1.165, 1.54) is 12.4 Å². The van der Waals surface area contributed by atoms with E-state index in [9.17, 15) is 22.4 Å². The number of carboxylic acid groups (broad SMARTS) is 1. The molecule has 2 aliphatic heterocycles. The van der Waals surface area contributed by atoms with Gasteiger partial charge >= 0.3 is 12.1 Å². The van der Waals surface area contributed by atoms with Crippen molar-refractivity contribution in [3.8, 4) is 0 Å². The van der Waals surface area contributed by atoms with Gasteiger partial charge in [0.1, 0.15) is 5.82 Å². The van der Waals surface area contributed by atoms with Crippen LogP contribution in [0.3, 0.4) is 0 Å². The SMILES string of the molecule is CC1c2nc(CC(=O)N3CCOCC3)cn2CCN1c1ncc(F)cn1.O=C(O)C(F)(F)F. The third kappa shape index (κ3) is 6.15. The first-order valence-electron chi connectivity index (χ1n) is 10.0. The number of hydrogen-bond acceptors (Lipinski definition) is 7. The minimum Gasteiger partial charge on any atom is -0.475 e. The zero-order valence-corrected chi connectivity index (χ0v) is 17.6. The van der Waals surface area contributed by atoms with Gasteiger partial charge in [0.05, 0.1) is 43.8 Å². The van der Waals surface area contributed by atoms with Crippen LogP contribution in [0.5, 0.6) is 0 Å². The van der Waals surface area contributed by atoms with Crippen LogP contribution in [-0.4, -0.2) is 80.4 Å². The van der Waals surface area contributed by atoms with Crippen molar-refractivity contribution in [2.45, 2.75) is 32.1 Å². The third-order valence-corrected chi connectivity index (χ3v) is 5.08. The number of amides is 1. The van der Waals surface area contributed by atoms with E-state index >= 15 is 0 Å². The smallest absolute Gasteiger partial charge is 0.475 e. The summed E-state index contributed by atoms with van der Waals surface area (Å²) in [5.41, 5.74) is 0.769. The Morgan fingerprint density at radius 1 is 1.15 bits per heavy atom. The van der Waals surface area contributed by atoms with Crippen molar-refractivity contribution in [1.82, 2.24) is 24.4 Å². The molecule has 2 aromatic rings. The number of ether oxygens (including phenoxy) is 1. The molecule has 0 saturated carbocycles. The Balaban J connectivity index is 0.000000383. The molecule has 1 fully saturated rings. The molecule has 0 aromatic carbocycles. The Morgan fingerprint density at radius 2 is 1.76 bits per heavy atom. The Hall–Kier alpha value is -3.29. The molecule has 1 saturated heterocycles. The second-order valence-corrected chi connectivity index (χ2v) is 7.33. The Bertz CT molecular complexity index is 976. The second kappa shape index (κ2) is 10.1. The van der Waals surface area contributed by atoms with Crippen molar-refractivity contribution in [3.63, 3.8) is 0 Å². The number of carbonyl (C=O) groups excluding carboxylic acids is 1. The van der Waals surface area contributed by atoms with E-state index in [-0.39, 0.29) is 11.9 Å². The number of halogens is 4. The molecule has 0 spiro atoms. The molecule has 0 bridgehead atoms. The number of aromatic nitrogens is 4. The van der Waals surface area contributed by atoms with Crippen LogP contribution in [0, 0.1) is 5.82 Å². The first-order chi connectivity index (χ1) is 15.6. The highest BCUT2D eigenvalue weighted by Crippen LogP contribution is 2.27. The van der Waals surface area contributed by atoms with Gasteiger partial charge in [-0.3, -0.25) is 4.79 Å². The zero-order valence-electron chi connectivity index (χ0n) is 17.6. The summed E-state index contributed by atoms with van der Waals surface area (Å²) in [6.45, 7) is 5.89. The molecule has 180 valence electrons. The molecule has 1 amide bonds. The van der Waals surface area contributed by atoms with Crippen molar-refractivity contribution in [3.05, 3.63) is 35.9 Å². The van der Waals surface area contributed by atoms with Crippen molar-refractivity contribution >= 4 is 17.8 Å². The van der Waals surface area contributed by atoms with Crippen LogP contribution in [-0.2, 0) is 27.3 Å². The monoisotopic (exact) mass is 474 g/mol. The van der Waals surface area contributed by atoms with E-state index < -0.39 is 18.0 Å². The molecule has 4 heterocycles. The lowest BCUT2D eigenvalue weighted by atomic mass is 10.2. The fourth-order valence-electron chi connectivity index (χ4n) is 3.44. The molecule has 1 atom stereocenters. The standard InChI is InChI=1S/C17H21FN6O2.C2HF3O2/c1-12-16-21-14(8-15(25)22-4-6-26-7-5-22)11-23(16)2-3-24(12)17-19-9-13(18)10-20-17;3-2(4,5)1(6)7/h9-12H,2-8H2,1H3;(H,6,7). The highest BCUT2D eigenvalue weighted by atomic mass is 19.4. The van der Waals surface area contributed by atoms with Gasteiger partial charge in [-0.25, -0.2) is 24.1 Å². The number of alkyl halides is 3. The maximum atomic E-state index is 13.1. The summed E-state index contributed by atoms with van der Waals surface area (Å²) >= 11 is 0. The lowest BCUT2D eigenvalue weighted by Crippen LogP contribution is -2.41. The van der Waals surface area contributed by atoms with Crippen molar-refractivity contribution in [1.29, 1.82) is 0 Å². The molecule has 4 rings (SSSR count). The Kier molecular flexibility index (Phi) is 7.46. The van der Waals surface area contributed by atoms with E-state index in [1.807, 2.05) is 22.9 Å². The molecular formula is C19H22F4N6O4. The minimum atomic E-state index is -5.08. The number of carboxylic acids is 1. The van der Waals surface area contributed by atoms with Gasteiger partial charge in [0, 0.05) is 32.4 Å². The fraction of sp³-hybridized carbons (Fsp3) is 0.526. The molecule has 2 aromatic heterocycles. The number of imidazole rings is 1. The summed E-state index contributed by atoms with van der Waals surface area (Å²) in [5, 5.41) is 7.12. The molecule has 0 radical (unpaired) electrons. The van der Waals surface area contributed by atoms with Crippen LogP contribution in [0.25, 0.3) is 0 Å². The molecule has 14 heteroatoms. The molecular weight excluding hydrogens is 452 g/mol. The quantitative estimate of drug-likeness (QED) is 0.665. The highest BCUT2D eigenvalue weighted by molar-refractivity contribution is 5.78. The highest BCUT2D eigenvalue weighted by Gasteiger charge is 2.38. The molecule has 2 aliphatic rings. The first kappa shape index (κ1) is 24.4.